The largest absolute Gasteiger partial charge is 0.386 e. The number of urea groups is 1. The third-order valence-corrected chi connectivity index (χ3v) is 2.76. The Hall–Kier alpha value is -2.55. The van der Waals surface area contributed by atoms with Crippen LogP contribution in [0.15, 0.2) is 22.7 Å². The molecule has 3 N–H and O–H groups in total. The molecular formula is C13H14F2N4O3. The van der Waals surface area contributed by atoms with Gasteiger partial charge in [0, 0.05) is 6.54 Å². The number of aliphatic hydroxyl groups is 1. The molecule has 1 atom stereocenters. The highest BCUT2D eigenvalue weighted by Crippen LogP contribution is 2.19. The lowest BCUT2D eigenvalue weighted by atomic mass is 10.1. The third-order valence-electron chi connectivity index (χ3n) is 2.76. The lowest BCUT2D eigenvalue weighted by Crippen LogP contribution is -2.37. The molecule has 0 saturated carbocycles. The number of amides is 2. The zero-order valence-corrected chi connectivity index (χ0v) is 11.6. The minimum Gasteiger partial charge on any atom is -0.386 e. The highest BCUT2D eigenvalue weighted by atomic mass is 19.1. The summed E-state index contributed by atoms with van der Waals surface area (Å²) in [7, 11) is 0. The number of hydrogen-bond acceptors (Lipinski definition) is 5. The molecule has 0 spiro atoms. The van der Waals surface area contributed by atoms with Crippen molar-refractivity contribution in [1.82, 2.24) is 20.8 Å². The molecule has 2 rings (SSSR count). The number of aryl methyl sites for hydroxylation is 1. The molecule has 0 radical (unpaired) electrons. The predicted molar refractivity (Wildman–Crippen MR) is 70.6 cm³/mol. The van der Waals surface area contributed by atoms with Crippen LogP contribution < -0.4 is 10.6 Å². The molecule has 0 aliphatic carbocycles. The number of nitrogens with zero attached hydrogens (tertiary/aromatic N) is 2. The second kappa shape index (κ2) is 6.94. The predicted octanol–water partition coefficient (Wildman–Crippen LogP) is 1.19. The molecule has 2 amide bonds. The quantitative estimate of drug-likeness (QED) is 0.770. The van der Waals surface area contributed by atoms with Crippen LogP contribution in [0.1, 0.15) is 23.4 Å². The standard InChI is InChI=1S/C13H14F2N4O3/c1-7-18-11(22-19-7)6-17-13(21)16-5-10(20)12-8(14)3-2-4-9(12)15/h2-4,10,20H,5-6H2,1H3,(H2,16,17,21). The maximum atomic E-state index is 13.4. The maximum Gasteiger partial charge on any atom is 0.315 e. The van der Waals surface area contributed by atoms with E-state index in [2.05, 4.69) is 20.8 Å². The Kier molecular flexibility index (Phi) is 4.99. The van der Waals surface area contributed by atoms with Gasteiger partial charge in [-0.15, -0.1) is 0 Å². The van der Waals surface area contributed by atoms with Crippen molar-refractivity contribution in [3.63, 3.8) is 0 Å². The summed E-state index contributed by atoms with van der Waals surface area (Å²) in [6.07, 6.45) is -1.50. The normalized spacial score (nSPS) is 12.0. The topological polar surface area (TPSA) is 100 Å². The van der Waals surface area contributed by atoms with Crippen LogP contribution in [0.5, 0.6) is 0 Å². The SMILES string of the molecule is Cc1noc(CNC(=O)NCC(O)c2c(F)cccc2F)n1. The van der Waals surface area contributed by atoms with Gasteiger partial charge in [0.15, 0.2) is 5.82 Å². The zero-order chi connectivity index (χ0) is 16.1. The average Bonchev–Trinajstić information content (AvgIpc) is 2.88. The van der Waals surface area contributed by atoms with Gasteiger partial charge in [0.1, 0.15) is 17.7 Å². The highest BCUT2D eigenvalue weighted by Gasteiger charge is 2.18. The van der Waals surface area contributed by atoms with Gasteiger partial charge < -0.3 is 20.3 Å². The number of rotatable bonds is 5. The van der Waals surface area contributed by atoms with Gasteiger partial charge in [-0.1, -0.05) is 11.2 Å². The molecule has 1 aromatic heterocycles. The van der Waals surface area contributed by atoms with Crippen molar-refractivity contribution in [3.05, 3.63) is 47.1 Å². The molecule has 118 valence electrons. The van der Waals surface area contributed by atoms with Gasteiger partial charge in [0.05, 0.1) is 12.1 Å². The van der Waals surface area contributed by atoms with E-state index in [0.29, 0.717) is 5.82 Å². The van der Waals surface area contributed by atoms with E-state index in [9.17, 15) is 18.7 Å². The van der Waals surface area contributed by atoms with E-state index in [4.69, 9.17) is 4.52 Å². The van der Waals surface area contributed by atoms with Crippen molar-refractivity contribution in [2.75, 3.05) is 6.54 Å². The number of aromatic nitrogens is 2. The zero-order valence-electron chi connectivity index (χ0n) is 11.6. The summed E-state index contributed by atoms with van der Waals surface area (Å²) in [5.74, 6) is -1.11. The fourth-order valence-corrected chi connectivity index (χ4v) is 1.75. The molecule has 1 unspecified atom stereocenters. The van der Waals surface area contributed by atoms with Crippen molar-refractivity contribution in [3.8, 4) is 0 Å². The van der Waals surface area contributed by atoms with Crippen LogP contribution in [0.3, 0.4) is 0 Å². The molecule has 1 heterocycles. The second-order valence-corrected chi connectivity index (χ2v) is 4.45. The van der Waals surface area contributed by atoms with Gasteiger partial charge >= 0.3 is 6.03 Å². The number of carbonyl (C=O) groups excluding carboxylic acids is 1. The molecule has 0 saturated heterocycles. The van der Waals surface area contributed by atoms with Gasteiger partial charge in [0.2, 0.25) is 5.89 Å². The summed E-state index contributed by atoms with van der Waals surface area (Å²) in [4.78, 5) is 15.4. The second-order valence-electron chi connectivity index (χ2n) is 4.45. The molecule has 2 aromatic rings. The molecule has 22 heavy (non-hydrogen) atoms. The van der Waals surface area contributed by atoms with Crippen LogP contribution >= 0.6 is 0 Å². The van der Waals surface area contributed by atoms with Gasteiger partial charge in [-0.25, -0.2) is 13.6 Å². The first-order valence-corrected chi connectivity index (χ1v) is 6.40. The summed E-state index contributed by atoms with van der Waals surface area (Å²) in [6.45, 7) is 1.27. The Bertz CT molecular complexity index is 642. The van der Waals surface area contributed by atoms with Gasteiger partial charge in [-0.2, -0.15) is 4.98 Å². The lowest BCUT2D eigenvalue weighted by molar-refractivity contribution is 0.164. The van der Waals surface area contributed by atoms with Gasteiger partial charge in [-0.3, -0.25) is 0 Å². The van der Waals surface area contributed by atoms with Crippen molar-refractivity contribution >= 4 is 6.03 Å². The van der Waals surface area contributed by atoms with Gasteiger partial charge in [0.25, 0.3) is 0 Å². The van der Waals surface area contributed by atoms with Crippen LogP contribution in [0.25, 0.3) is 0 Å². The number of halogens is 2. The Morgan fingerprint density at radius 3 is 2.64 bits per heavy atom. The lowest BCUT2D eigenvalue weighted by Gasteiger charge is -2.14. The molecule has 0 aliphatic heterocycles. The smallest absolute Gasteiger partial charge is 0.315 e. The number of aliphatic hydroxyl groups excluding tert-OH is 1. The molecule has 1 aromatic carbocycles. The van der Waals surface area contributed by atoms with E-state index in [1.165, 1.54) is 6.07 Å². The van der Waals surface area contributed by atoms with Crippen molar-refractivity contribution in [2.24, 2.45) is 0 Å². The molecule has 7 nitrogen and oxygen atoms in total. The third kappa shape index (κ3) is 3.98. The Morgan fingerprint density at radius 1 is 1.36 bits per heavy atom. The minimum absolute atomic E-state index is 0.00315. The summed E-state index contributed by atoms with van der Waals surface area (Å²) in [5.41, 5.74) is -0.490. The number of nitrogens with one attached hydrogen (secondary N) is 2. The Labute approximate surface area is 124 Å². The summed E-state index contributed by atoms with van der Waals surface area (Å²) < 4.78 is 31.7. The van der Waals surface area contributed by atoms with Crippen LogP contribution in [0.4, 0.5) is 13.6 Å². The number of benzene rings is 1. The molecular weight excluding hydrogens is 298 g/mol. The van der Waals surface area contributed by atoms with Crippen molar-refractivity contribution in [2.45, 2.75) is 19.6 Å². The first-order valence-electron chi connectivity index (χ1n) is 6.40. The minimum atomic E-state index is -1.50. The monoisotopic (exact) mass is 312 g/mol. The van der Waals surface area contributed by atoms with E-state index < -0.39 is 29.3 Å². The van der Waals surface area contributed by atoms with Crippen molar-refractivity contribution in [1.29, 1.82) is 0 Å². The number of carbonyl (C=O) groups is 1. The average molecular weight is 312 g/mol. The van der Waals surface area contributed by atoms with Crippen LogP contribution in [-0.2, 0) is 6.54 Å². The van der Waals surface area contributed by atoms with Crippen LogP contribution in [0, 0.1) is 18.6 Å². The maximum absolute atomic E-state index is 13.4. The highest BCUT2D eigenvalue weighted by molar-refractivity contribution is 5.73. The molecule has 0 fully saturated rings. The molecule has 9 heteroatoms. The van der Waals surface area contributed by atoms with Crippen LogP contribution in [-0.4, -0.2) is 27.8 Å². The van der Waals surface area contributed by atoms with E-state index in [0.717, 1.165) is 12.1 Å². The van der Waals surface area contributed by atoms with E-state index in [-0.39, 0.29) is 19.0 Å². The summed E-state index contributed by atoms with van der Waals surface area (Å²) in [6, 6.07) is 2.60. The van der Waals surface area contributed by atoms with E-state index in [1.54, 1.807) is 6.92 Å². The van der Waals surface area contributed by atoms with E-state index >= 15 is 0 Å². The first-order chi connectivity index (χ1) is 10.5. The van der Waals surface area contributed by atoms with Gasteiger partial charge in [-0.05, 0) is 19.1 Å². The Balaban J connectivity index is 1.83. The Morgan fingerprint density at radius 2 is 2.05 bits per heavy atom. The van der Waals surface area contributed by atoms with E-state index in [1.807, 2.05) is 0 Å². The fourth-order valence-electron chi connectivity index (χ4n) is 1.75. The molecule has 0 bridgehead atoms. The first kappa shape index (κ1) is 15.8. The van der Waals surface area contributed by atoms with Crippen LogP contribution in [0.2, 0.25) is 0 Å². The summed E-state index contributed by atoms with van der Waals surface area (Å²) in [5, 5.41) is 18.0. The van der Waals surface area contributed by atoms with Crippen molar-refractivity contribution < 1.29 is 23.2 Å². The molecule has 0 aliphatic rings. The number of hydrogen-bond donors (Lipinski definition) is 3. The summed E-state index contributed by atoms with van der Waals surface area (Å²) >= 11 is 0. The fraction of sp³-hybridized carbons (Fsp3) is 0.308.